The second-order valence-electron chi connectivity index (χ2n) is 7.76. The minimum absolute atomic E-state index is 0.0196. The van der Waals surface area contributed by atoms with Crippen molar-refractivity contribution >= 4 is 11.9 Å². The van der Waals surface area contributed by atoms with Crippen LogP contribution >= 0.6 is 0 Å². The Morgan fingerprint density at radius 1 is 0.906 bits per heavy atom. The molecule has 0 heterocycles. The van der Waals surface area contributed by atoms with Crippen LogP contribution in [0.2, 0.25) is 0 Å². The lowest BCUT2D eigenvalue weighted by Crippen LogP contribution is -2.34. The monoisotopic (exact) mass is 449 g/mol. The standard InChI is InChI=1S/C24H35NO7/c1-20(26)22-9-5-7-21(19-22)8-6-11-28-13-15-30-17-18-31-16-14-29-12-10-25-23(27)32-24(2,3)4/h5,7,9,19H,10-18H2,1-4H3,(H,25,27). The number of carbonyl (C=O) groups is 2. The fraction of sp³-hybridized carbons (Fsp3) is 0.583. The van der Waals surface area contributed by atoms with Gasteiger partial charge in [-0.3, -0.25) is 4.79 Å². The van der Waals surface area contributed by atoms with Crippen molar-refractivity contribution in [2.75, 3.05) is 59.4 Å². The maximum atomic E-state index is 11.4. The maximum Gasteiger partial charge on any atom is 0.407 e. The van der Waals surface area contributed by atoms with Gasteiger partial charge in [0.15, 0.2) is 5.78 Å². The number of amides is 1. The van der Waals surface area contributed by atoms with Gasteiger partial charge in [-0.2, -0.15) is 0 Å². The third-order valence-corrected chi connectivity index (χ3v) is 3.71. The fourth-order valence-corrected chi connectivity index (χ4v) is 2.28. The highest BCUT2D eigenvalue weighted by molar-refractivity contribution is 5.94. The molecule has 1 aromatic carbocycles. The first-order valence-electron chi connectivity index (χ1n) is 10.7. The Hall–Kier alpha value is -2.44. The Morgan fingerprint density at radius 2 is 1.50 bits per heavy atom. The van der Waals surface area contributed by atoms with Crippen LogP contribution in [0, 0.1) is 11.8 Å². The molecular weight excluding hydrogens is 414 g/mol. The Labute approximate surface area is 190 Å². The minimum atomic E-state index is -0.508. The lowest BCUT2D eigenvalue weighted by atomic mass is 10.1. The SMILES string of the molecule is CC(=O)c1cccc(C#CCOCCOCCOCCOCCNC(=O)OC(C)(C)C)c1. The molecule has 0 spiro atoms. The molecule has 1 rings (SSSR count). The van der Waals surface area contributed by atoms with Gasteiger partial charge in [0.2, 0.25) is 0 Å². The van der Waals surface area contributed by atoms with Gasteiger partial charge < -0.3 is 29.0 Å². The zero-order valence-electron chi connectivity index (χ0n) is 19.5. The predicted octanol–water partition coefficient (Wildman–Crippen LogP) is 2.83. The molecule has 0 aliphatic heterocycles. The van der Waals surface area contributed by atoms with Crippen LogP contribution < -0.4 is 5.32 Å². The van der Waals surface area contributed by atoms with E-state index in [9.17, 15) is 9.59 Å². The molecule has 0 aliphatic carbocycles. The Kier molecular flexibility index (Phi) is 14.0. The van der Waals surface area contributed by atoms with Crippen LogP contribution in [-0.4, -0.2) is 76.9 Å². The first-order valence-corrected chi connectivity index (χ1v) is 10.7. The molecule has 1 N–H and O–H groups in total. The van der Waals surface area contributed by atoms with Crippen molar-refractivity contribution in [3.8, 4) is 11.8 Å². The molecule has 0 atom stereocenters. The molecule has 32 heavy (non-hydrogen) atoms. The smallest absolute Gasteiger partial charge is 0.407 e. The average Bonchev–Trinajstić information content (AvgIpc) is 2.72. The Balaban J connectivity index is 1.88. The zero-order chi connectivity index (χ0) is 23.7. The summed E-state index contributed by atoms with van der Waals surface area (Å²) in [4.78, 5) is 22.8. The lowest BCUT2D eigenvalue weighted by Gasteiger charge is -2.19. The van der Waals surface area contributed by atoms with Crippen molar-refractivity contribution in [1.29, 1.82) is 0 Å². The average molecular weight is 450 g/mol. The predicted molar refractivity (Wildman–Crippen MR) is 121 cm³/mol. The quantitative estimate of drug-likeness (QED) is 0.265. The molecule has 0 fully saturated rings. The van der Waals surface area contributed by atoms with E-state index in [1.807, 2.05) is 32.9 Å². The molecule has 1 aromatic rings. The normalized spacial score (nSPS) is 10.9. The minimum Gasteiger partial charge on any atom is -0.444 e. The van der Waals surface area contributed by atoms with Crippen molar-refractivity contribution < 1.29 is 33.3 Å². The fourth-order valence-electron chi connectivity index (χ4n) is 2.28. The van der Waals surface area contributed by atoms with Gasteiger partial charge in [-0.15, -0.1) is 0 Å². The van der Waals surface area contributed by atoms with Crippen LogP contribution in [-0.2, 0) is 23.7 Å². The molecule has 8 heteroatoms. The highest BCUT2D eigenvalue weighted by Crippen LogP contribution is 2.06. The summed E-state index contributed by atoms with van der Waals surface area (Å²) in [7, 11) is 0. The number of nitrogens with one attached hydrogen (secondary N) is 1. The third-order valence-electron chi connectivity index (χ3n) is 3.71. The molecule has 8 nitrogen and oxygen atoms in total. The van der Waals surface area contributed by atoms with E-state index >= 15 is 0 Å². The topological polar surface area (TPSA) is 92.3 Å². The van der Waals surface area contributed by atoms with Crippen LogP contribution in [0.15, 0.2) is 24.3 Å². The molecule has 0 saturated heterocycles. The van der Waals surface area contributed by atoms with E-state index in [-0.39, 0.29) is 5.78 Å². The van der Waals surface area contributed by atoms with Gasteiger partial charge in [0.1, 0.15) is 12.2 Å². The van der Waals surface area contributed by atoms with E-state index in [4.69, 9.17) is 23.7 Å². The molecule has 0 unspecified atom stereocenters. The maximum absolute atomic E-state index is 11.4. The van der Waals surface area contributed by atoms with Crippen LogP contribution in [0.5, 0.6) is 0 Å². The van der Waals surface area contributed by atoms with Crippen LogP contribution in [0.3, 0.4) is 0 Å². The van der Waals surface area contributed by atoms with Gasteiger partial charge in [-0.1, -0.05) is 24.0 Å². The number of hydrogen-bond donors (Lipinski definition) is 1. The van der Waals surface area contributed by atoms with Gasteiger partial charge in [-0.25, -0.2) is 4.79 Å². The highest BCUT2D eigenvalue weighted by atomic mass is 16.6. The molecule has 0 aromatic heterocycles. The molecule has 1 amide bonds. The van der Waals surface area contributed by atoms with Crippen molar-refractivity contribution in [1.82, 2.24) is 5.32 Å². The summed E-state index contributed by atoms with van der Waals surface area (Å²) in [6.07, 6.45) is -0.454. The van der Waals surface area contributed by atoms with Crippen LogP contribution in [0.1, 0.15) is 43.6 Å². The highest BCUT2D eigenvalue weighted by Gasteiger charge is 2.15. The van der Waals surface area contributed by atoms with E-state index in [1.165, 1.54) is 6.92 Å². The first kappa shape index (κ1) is 27.6. The summed E-state index contributed by atoms with van der Waals surface area (Å²) in [5, 5.41) is 2.62. The lowest BCUT2D eigenvalue weighted by molar-refractivity contribution is 0.00125. The molecule has 0 bridgehead atoms. The number of benzene rings is 1. The van der Waals surface area contributed by atoms with Crippen molar-refractivity contribution in [3.05, 3.63) is 35.4 Å². The van der Waals surface area contributed by atoms with Crippen LogP contribution in [0.4, 0.5) is 4.79 Å². The third kappa shape index (κ3) is 15.4. The second kappa shape index (κ2) is 16.2. The molecule has 0 radical (unpaired) electrons. The van der Waals surface area contributed by atoms with E-state index in [1.54, 1.807) is 12.1 Å². The summed E-state index contributed by atoms with van der Waals surface area (Å²) in [6.45, 7) is 10.7. The summed E-state index contributed by atoms with van der Waals surface area (Å²) >= 11 is 0. The summed E-state index contributed by atoms with van der Waals surface area (Å²) in [6, 6.07) is 7.21. The van der Waals surface area contributed by atoms with Gasteiger partial charge >= 0.3 is 6.09 Å². The number of Topliss-reactive ketones (excluding diaryl/α,β-unsaturated/α-hetero) is 1. The van der Waals surface area contributed by atoms with Crippen LogP contribution in [0.25, 0.3) is 0 Å². The molecule has 178 valence electrons. The number of ether oxygens (including phenoxy) is 5. The Bertz CT molecular complexity index is 747. The van der Waals surface area contributed by atoms with E-state index in [0.29, 0.717) is 65.0 Å². The van der Waals surface area contributed by atoms with Gasteiger partial charge in [0, 0.05) is 17.7 Å². The number of ketones is 1. The van der Waals surface area contributed by atoms with Crippen molar-refractivity contribution in [2.24, 2.45) is 0 Å². The Morgan fingerprint density at radius 3 is 2.09 bits per heavy atom. The van der Waals surface area contributed by atoms with E-state index in [0.717, 1.165) is 5.56 Å². The molecular formula is C24H35NO7. The van der Waals surface area contributed by atoms with E-state index < -0.39 is 11.7 Å². The van der Waals surface area contributed by atoms with Gasteiger partial charge in [0.05, 0.1) is 46.2 Å². The molecule has 0 aliphatic rings. The van der Waals surface area contributed by atoms with Gasteiger partial charge in [0.25, 0.3) is 0 Å². The van der Waals surface area contributed by atoms with Crippen molar-refractivity contribution in [2.45, 2.75) is 33.3 Å². The molecule has 0 saturated carbocycles. The number of hydrogen-bond acceptors (Lipinski definition) is 7. The number of alkyl carbamates (subject to hydrolysis) is 1. The van der Waals surface area contributed by atoms with E-state index in [2.05, 4.69) is 17.2 Å². The summed E-state index contributed by atoms with van der Waals surface area (Å²) < 4.78 is 26.7. The number of carbonyl (C=O) groups excluding carboxylic acids is 2. The zero-order valence-corrected chi connectivity index (χ0v) is 19.5. The summed E-state index contributed by atoms with van der Waals surface area (Å²) in [5.74, 6) is 5.91. The second-order valence-corrected chi connectivity index (χ2v) is 7.76. The first-order chi connectivity index (χ1) is 15.3. The largest absolute Gasteiger partial charge is 0.444 e. The van der Waals surface area contributed by atoms with Crippen molar-refractivity contribution in [3.63, 3.8) is 0 Å². The number of rotatable bonds is 14. The summed E-state index contributed by atoms with van der Waals surface area (Å²) in [5.41, 5.74) is 0.930. The van der Waals surface area contributed by atoms with Gasteiger partial charge in [-0.05, 0) is 39.8 Å².